The van der Waals surface area contributed by atoms with E-state index in [9.17, 15) is 14.4 Å². The molecule has 1 aromatic heterocycles. The van der Waals surface area contributed by atoms with E-state index in [1.807, 2.05) is 37.3 Å². The van der Waals surface area contributed by atoms with Crippen LogP contribution in [0.5, 0.6) is 17.2 Å². The van der Waals surface area contributed by atoms with Gasteiger partial charge in [0, 0.05) is 17.9 Å². The molecule has 0 radical (unpaired) electrons. The SMILES string of the molecule is COc1ccc(OCCCC(=O)Oc2ccc3cc(C(=O)NC(C)c4ccccc4)c(=O)oc3c2)cc1. The maximum absolute atomic E-state index is 12.7. The van der Waals surface area contributed by atoms with Crippen LogP contribution in [0.15, 0.2) is 88.1 Å². The van der Waals surface area contributed by atoms with Crippen molar-refractivity contribution < 1.29 is 28.2 Å². The van der Waals surface area contributed by atoms with Gasteiger partial charge in [-0.1, -0.05) is 30.3 Å². The zero-order valence-electron chi connectivity index (χ0n) is 20.6. The number of esters is 1. The molecule has 1 heterocycles. The lowest BCUT2D eigenvalue weighted by Gasteiger charge is -2.14. The first-order chi connectivity index (χ1) is 17.9. The van der Waals surface area contributed by atoms with Crippen LogP contribution in [0.1, 0.15) is 41.7 Å². The van der Waals surface area contributed by atoms with E-state index in [0.29, 0.717) is 24.2 Å². The van der Waals surface area contributed by atoms with Crippen LogP contribution in [0.3, 0.4) is 0 Å². The highest BCUT2D eigenvalue weighted by molar-refractivity contribution is 5.97. The minimum absolute atomic E-state index is 0.100. The van der Waals surface area contributed by atoms with Crippen molar-refractivity contribution >= 4 is 22.8 Å². The molecule has 0 saturated carbocycles. The van der Waals surface area contributed by atoms with Crippen molar-refractivity contribution in [2.24, 2.45) is 0 Å². The van der Waals surface area contributed by atoms with Gasteiger partial charge in [-0.2, -0.15) is 0 Å². The minimum atomic E-state index is -0.774. The molecular formula is C29H27NO7. The Morgan fingerprint density at radius 3 is 2.35 bits per heavy atom. The molecule has 3 aromatic carbocycles. The lowest BCUT2D eigenvalue weighted by Crippen LogP contribution is -2.30. The molecule has 8 nitrogen and oxygen atoms in total. The van der Waals surface area contributed by atoms with Crippen LogP contribution in [0, 0.1) is 0 Å². The average Bonchev–Trinajstić information content (AvgIpc) is 2.91. The van der Waals surface area contributed by atoms with E-state index in [1.165, 1.54) is 12.1 Å². The normalized spacial score (nSPS) is 11.5. The standard InChI is InChI=1S/C29H27NO7/c1-19(20-7-4-3-5-8-20)30-28(32)25-17-21-10-11-24(18-26(21)37-29(25)33)36-27(31)9-6-16-35-23-14-12-22(34-2)13-15-23/h3-5,7-8,10-15,17-19H,6,9,16H2,1-2H3,(H,30,32). The molecule has 4 rings (SSSR count). The Balaban J connectivity index is 1.32. The van der Waals surface area contributed by atoms with Crippen molar-refractivity contribution in [3.05, 3.63) is 100 Å². The lowest BCUT2D eigenvalue weighted by molar-refractivity contribution is -0.134. The second kappa shape index (κ2) is 11.9. The molecule has 1 amide bonds. The van der Waals surface area contributed by atoms with E-state index in [0.717, 1.165) is 11.3 Å². The first-order valence-electron chi connectivity index (χ1n) is 11.8. The van der Waals surface area contributed by atoms with Gasteiger partial charge in [-0.3, -0.25) is 9.59 Å². The van der Waals surface area contributed by atoms with Gasteiger partial charge < -0.3 is 23.9 Å². The molecule has 0 spiro atoms. The van der Waals surface area contributed by atoms with Gasteiger partial charge in [0.1, 0.15) is 28.4 Å². The summed E-state index contributed by atoms with van der Waals surface area (Å²) < 4.78 is 21.4. The maximum atomic E-state index is 12.7. The summed E-state index contributed by atoms with van der Waals surface area (Å²) in [7, 11) is 1.59. The van der Waals surface area contributed by atoms with Crippen molar-refractivity contribution in [3.8, 4) is 17.2 Å². The summed E-state index contributed by atoms with van der Waals surface area (Å²) in [6.45, 7) is 2.18. The third-order valence-corrected chi connectivity index (χ3v) is 5.68. The van der Waals surface area contributed by atoms with Crippen LogP contribution in [-0.4, -0.2) is 25.6 Å². The predicted molar refractivity (Wildman–Crippen MR) is 138 cm³/mol. The van der Waals surface area contributed by atoms with Gasteiger partial charge in [0.2, 0.25) is 0 Å². The molecule has 0 fully saturated rings. The van der Waals surface area contributed by atoms with Crippen molar-refractivity contribution in [1.29, 1.82) is 0 Å². The number of fused-ring (bicyclic) bond motifs is 1. The fraction of sp³-hybridized carbons (Fsp3) is 0.207. The predicted octanol–water partition coefficient (Wildman–Crippen LogP) is 5.06. The maximum Gasteiger partial charge on any atom is 0.349 e. The fourth-order valence-corrected chi connectivity index (χ4v) is 3.67. The summed E-state index contributed by atoms with van der Waals surface area (Å²) in [5.74, 6) is 0.692. The second-order valence-corrected chi connectivity index (χ2v) is 8.35. The van der Waals surface area contributed by atoms with E-state index >= 15 is 0 Å². The smallest absolute Gasteiger partial charge is 0.349 e. The molecule has 4 aromatic rings. The molecule has 8 heteroatoms. The van der Waals surface area contributed by atoms with Gasteiger partial charge in [0.15, 0.2) is 0 Å². The molecule has 37 heavy (non-hydrogen) atoms. The Hall–Kier alpha value is -4.59. The van der Waals surface area contributed by atoms with Gasteiger partial charge >= 0.3 is 11.6 Å². The molecule has 1 atom stereocenters. The Bertz CT molecular complexity index is 1430. The van der Waals surface area contributed by atoms with E-state index < -0.39 is 17.5 Å². The molecule has 190 valence electrons. The van der Waals surface area contributed by atoms with Gasteiger partial charge in [0.25, 0.3) is 5.91 Å². The van der Waals surface area contributed by atoms with E-state index in [-0.39, 0.29) is 29.4 Å². The Kier molecular flexibility index (Phi) is 8.20. The second-order valence-electron chi connectivity index (χ2n) is 8.35. The van der Waals surface area contributed by atoms with Crippen LogP contribution in [-0.2, 0) is 4.79 Å². The number of methoxy groups -OCH3 is 1. The number of ether oxygens (including phenoxy) is 3. The summed E-state index contributed by atoms with van der Waals surface area (Å²) in [6, 6.07) is 22.5. The Morgan fingerprint density at radius 2 is 1.62 bits per heavy atom. The third-order valence-electron chi connectivity index (χ3n) is 5.68. The fourth-order valence-electron chi connectivity index (χ4n) is 3.67. The van der Waals surface area contributed by atoms with E-state index in [4.69, 9.17) is 18.6 Å². The van der Waals surface area contributed by atoms with Gasteiger partial charge in [-0.05, 0) is 61.4 Å². The van der Waals surface area contributed by atoms with Crippen LogP contribution in [0.2, 0.25) is 0 Å². The number of hydrogen-bond donors (Lipinski definition) is 1. The van der Waals surface area contributed by atoms with Crippen molar-refractivity contribution in [2.75, 3.05) is 13.7 Å². The summed E-state index contributed by atoms with van der Waals surface area (Å²) in [5.41, 5.74) is 0.256. The first kappa shape index (κ1) is 25.5. The summed E-state index contributed by atoms with van der Waals surface area (Å²) >= 11 is 0. The van der Waals surface area contributed by atoms with Crippen molar-refractivity contribution in [3.63, 3.8) is 0 Å². The molecular weight excluding hydrogens is 474 g/mol. The number of hydrogen-bond acceptors (Lipinski definition) is 7. The number of carbonyl (C=O) groups excluding carboxylic acids is 2. The summed E-state index contributed by atoms with van der Waals surface area (Å²) in [6.07, 6.45) is 0.615. The van der Waals surface area contributed by atoms with E-state index in [2.05, 4.69) is 5.32 Å². The largest absolute Gasteiger partial charge is 0.497 e. The van der Waals surface area contributed by atoms with Crippen molar-refractivity contribution in [1.82, 2.24) is 5.32 Å². The Labute approximate surface area is 213 Å². The quantitative estimate of drug-likeness (QED) is 0.140. The monoisotopic (exact) mass is 501 g/mol. The summed E-state index contributed by atoms with van der Waals surface area (Å²) in [4.78, 5) is 37.4. The molecule has 1 N–H and O–H groups in total. The number of benzene rings is 3. The van der Waals surface area contributed by atoms with Gasteiger partial charge in [0.05, 0.1) is 19.8 Å². The molecule has 0 aliphatic rings. The molecule has 0 bridgehead atoms. The number of rotatable bonds is 10. The van der Waals surface area contributed by atoms with Crippen molar-refractivity contribution in [2.45, 2.75) is 25.8 Å². The zero-order chi connectivity index (χ0) is 26.2. The topological polar surface area (TPSA) is 104 Å². The highest BCUT2D eigenvalue weighted by Gasteiger charge is 2.17. The lowest BCUT2D eigenvalue weighted by atomic mass is 10.1. The molecule has 0 aliphatic heterocycles. The van der Waals surface area contributed by atoms with Crippen LogP contribution >= 0.6 is 0 Å². The van der Waals surface area contributed by atoms with Crippen LogP contribution in [0.4, 0.5) is 0 Å². The highest BCUT2D eigenvalue weighted by Crippen LogP contribution is 2.22. The molecule has 0 saturated heterocycles. The molecule has 1 unspecified atom stereocenters. The number of amides is 1. The average molecular weight is 502 g/mol. The molecule has 0 aliphatic carbocycles. The van der Waals surface area contributed by atoms with Gasteiger partial charge in [-0.25, -0.2) is 4.79 Å². The number of carbonyl (C=O) groups is 2. The highest BCUT2D eigenvalue weighted by atomic mass is 16.5. The first-order valence-corrected chi connectivity index (χ1v) is 11.8. The summed E-state index contributed by atoms with van der Waals surface area (Å²) in [5, 5.41) is 3.34. The van der Waals surface area contributed by atoms with Crippen LogP contribution in [0.25, 0.3) is 11.0 Å². The zero-order valence-corrected chi connectivity index (χ0v) is 20.6. The van der Waals surface area contributed by atoms with Crippen LogP contribution < -0.4 is 25.2 Å². The Morgan fingerprint density at radius 1 is 0.919 bits per heavy atom. The van der Waals surface area contributed by atoms with E-state index in [1.54, 1.807) is 43.5 Å². The van der Waals surface area contributed by atoms with Gasteiger partial charge in [-0.15, -0.1) is 0 Å². The number of nitrogens with one attached hydrogen (secondary N) is 1. The third kappa shape index (κ3) is 6.76. The minimum Gasteiger partial charge on any atom is -0.497 e.